The van der Waals surface area contributed by atoms with E-state index in [4.69, 9.17) is 14.2 Å². The normalized spacial score (nSPS) is 32.4. The molecular formula is C26H40O5. The standard InChI is InChI=1S/C26H40O5/c1-17(2)9-8-11-26(6)15-23(29-7)20-16-31-22(14-19(5)27)25(20)21(26)10-12-30-24(28)13-18(3)4/h9-10,12-13,20-23,25H,8,11,14-16H2,1-7H3/b12-10+/t20?,21-,22-,23-,25?,26-/m0/s1. The van der Waals surface area contributed by atoms with Crippen molar-refractivity contribution in [3.63, 3.8) is 0 Å². The van der Waals surface area contributed by atoms with Gasteiger partial charge in [0.1, 0.15) is 5.78 Å². The Kier molecular flexibility index (Phi) is 9.26. The van der Waals surface area contributed by atoms with Gasteiger partial charge in [-0.05, 0) is 77.2 Å². The second-order valence-electron chi connectivity index (χ2n) is 9.98. The molecule has 174 valence electrons. The molecule has 0 aromatic rings. The third kappa shape index (κ3) is 6.88. The van der Waals surface area contributed by atoms with Crippen molar-refractivity contribution < 1.29 is 23.8 Å². The molecule has 0 aromatic carbocycles. The minimum Gasteiger partial charge on any atom is -0.432 e. The van der Waals surface area contributed by atoms with Crippen LogP contribution in [0.25, 0.3) is 0 Å². The summed E-state index contributed by atoms with van der Waals surface area (Å²) in [5, 5.41) is 0. The molecule has 2 rings (SSSR count). The van der Waals surface area contributed by atoms with Gasteiger partial charge in [0, 0.05) is 25.5 Å². The number of carbonyl (C=O) groups excluding carboxylic acids is 2. The van der Waals surface area contributed by atoms with Crippen LogP contribution in [0.1, 0.15) is 67.2 Å². The Morgan fingerprint density at radius 2 is 1.84 bits per heavy atom. The van der Waals surface area contributed by atoms with Crippen LogP contribution in [0.2, 0.25) is 0 Å². The van der Waals surface area contributed by atoms with Crippen molar-refractivity contribution in [2.75, 3.05) is 13.7 Å². The van der Waals surface area contributed by atoms with E-state index in [1.165, 1.54) is 11.6 Å². The number of methoxy groups -OCH3 is 1. The summed E-state index contributed by atoms with van der Waals surface area (Å²) in [4.78, 5) is 23.9. The van der Waals surface area contributed by atoms with Gasteiger partial charge in [-0.3, -0.25) is 4.79 Å². The van der Waals surface area contributed by atoms with Gasteiger partial charge in [0.05, 0.1) is 25.1 Å². The highest BCUT2D eigenvalue weighted by atomic mass is 16.5. The molecule has 0 spiro atoms. The van der Waals surface area contributed by atoms with Crippen LogP contribution in [0.4, 0.5) is 0 Å². The van der Waals surface area contributed by atoms with Gasteiger partial charge >= 0.3 is 5.97 Å². The molecule has 1 heterocycles. The first-order chi connectivity index (χ1) is 14.6. The van der Waals surface area contributed by atoms with E-state index in [2.05, 4.69) is 26.8 Å². The van der Waals surface area contributed by atoms with Crippen LogP contribution in [0.15, 0.2) is 35.6 Å². The molecule has 2 aliphatic rings. The zero-order valence-corrected chi connectivity index (χ0v) is 20.3. The number of rotatable bonds is 9. The van der Waals surface area contributed by atoms with Crippen LogP contribution < -0.4 is 0 Å². The van der Waals surface area contributed by atoms with E-state index in [-0.39, 0.29) is 47.1 Å². The summed E-state index contributed by atoms with van der Waals surface area (Å²) in [6.45, 7) is 12.5. The number of ether oxygens (including phenoxy) is 3. The van der Waals surface area contributed by atoms with Crippen LogP contribution >= 0.6 is 0 Å². The number of hydrogen-bond acceptors (Lipinski definition) is 5. The van der Waals surface area contributed by atoms with Crippen molar-refractivity contribution >= 4 is 11.8 Å². The van der Waals surface area contributed by atoms with Crippen molar-refractivity contribution in [2.45, 2.75) is 79.4 Å². The van der Waals surface area contributed by atoms with Crippen molar-refractivity contribution in [3.05, 3.63) is 35.6 Å². The molecule has 2 fully saturated rings. The fourth-order valence-electron chi connectivity index (χ4n) is 5.31. The first kappa shape index (κ1) is 25.5. The smallest absolute Gasteiger partial charge is 0.335 e. The maximum Gasteiger partial charge on any atom is 0.335 e. The zero-order chi connectivity index (χ0) is 23.2. The monoisotopic (exact) mass is 432 g/mol. The summed E-state index contributed by atoms with van der Waals surface area (Å²) in [6.07, 6.45) is 10.6. The fourth-order valence-corrected chi connectivity index (χ4v) is 5.31. The highest BCUT2D eigenvalue weighted by Crippen LogP contribution is 2.55. The first-order valence-electron chi connectivity index (χ1n) is 11.4. The van der Waals surface area contributed by atoms with Crippen LogP contribution in [-0.4, -0.2) is 37.7 Å². The van der Waals surface area contributed by atoms with Crippen molar-refractivity contribution in [3.8, 4) is 0 Å². The number of carbonyl (C=O) groups is 2. The Hall–Kier alpha value is -1.72. The molecule has 0 radical (unpaired) electrons. The molecule has 31 heavy (non-hydrogen) atoms. The van der Waals surface area contributed by atoms with Gasteiger partial charge in [-0.1, -0.05) is 24.1 Å². The molecule has 6 atom stereocenters. The van der Waals surface area contributed by atoms with Crippen molar-refractivity contribution in [1.82, 2.24) is 0 Å². The summed E-state index contributed by atoms with van der Waals surface area (Å²) < 4.78 is 17.4. The molecule has 0 bridgehead atoms. The SMILES string of the molecule is CO[C@H]1C[C@](C)(CCC=C(C)C)[C@@H](/C=C/OC(=O)C=C(C)C)C2C1CO[C@H]2CC(C)=O. The average Bonchev–Trinajstić information content (AvgIpc) is 3.05. The Labute approximate surface area is 187 Å². The van der Waals surface area contributed by atoms with Crippen LogP contribution in [0.5, 0.6) is 0 Å². The van der Waals surface area contributed by atoms with Gasteiger partial charge in [0.25, 0.3) is 0 Å². The van der Waals surface area contributed by atoms with Crippen LogP contribution in [0.3, 0.4) is 0 Å². The molecule has 1 saturated carbocycles. The summed E-state index contributed by atoms with van der Waals surface area (Å²) >= 11 is 0. The molecular weight excluding hydrogens is 392 g/mol. The lowest BCUT2D eigenvalue weighted by Gasteiger charge is -2.50. The van der Waals surface area contributed by atoms with E-state index in [1.807, 2.05) is 19.9 Å². The van der Waals surface area contributed by atoms with E-state index >= 15 is 0 Å². The zero-order valence-electron chi connectivity index (χ0n) is 20.3. The Balaban J connectivity index is 2.36. The van der Waals surface area contributed by atoms with Gasteiger partial charge in [-0.25, -0.2) is 4.79 Å². The van der Waals surface area contributed by atoms with E-state index < -0.39 is 0 Å². The second kappa shape index (κ2) is 11.2. The van der Waals surface area contributed by atoms with Gasteiger partial charge in [-0.2, -0.15) is 0 Å². The predicted octanol–water partition coefficient (Wildman–Crippen LogP) is 5.41. The highest BCUT2D eigenvalue weighted by molar-refractivity contribution is 5.83. The lowest BCUT2D eigenvalue weighted by Crippen LogP contribution is -2.50. The second-order valence-corrected chi connectivity index (χ2v) is 9.98. The third-order valence-electron chi connectivity index (χ3n) is 6.73. The minimum absolute atomic E-state index is 0.0596. The molecule has 0 N–H and O–H groups in total. The van der Waals surface area contributed by atoms with Crippen molar-refractivity contribution in [1.29, 1.82) is 0 Å². The number of allylic oxidation sites excluding steroid dienone is 4. The Morgan fingerprint density at radius 3 is 2.42 bits per heavy atom. The lowest BCUT2D eigenvalue weighted by atomic mass is 9.55. The Bertz CT molecular complexity index is 726. The molecule has 2 unspecified atom stereocenters. The van der Waals surface area contributed by atoms with Gasteiger partial charge < -0.3 is 14.2 Å². The number of ketones is 1. The Morgan fingerprint density at radius 1 is 1.13 bits per heavy atom. The summed E-state index contributed by atoms with van der Waals surface area (Å²) in [5.41, 5.74) is 2.15. The van der Waals surface area contributed by atoms with E-state index in [1.54, 1.807) is 20.3 Å². The van der Waals surface area contributed by atoms with Crippen molar-refractivity contribution in [2.24, 2.45) is 23.2 Å². The van der Waals surface area contributed by atoms with Gasteiger partial charge in [0.15, 0.2) is 0 Å². The molecule has 5 heteroatoms. The average molecular weight is 433 g/mol. The minimum atomic E-state index is -0.368. The maximum absolute atomic E-state index is 12.0. The van der Waals surface area contributed by atoms with Gasteiger partial charge in [-0.15, -0.1) is 0 Å². The highest BCUT2D eigenvalue weighted by Gasteiger charge is 2.55. The molecule has 1 saturated heterocycles. The third-order valence-corrected chi connectivity index (χ3v) is 6.73. The molecule has 1 aliphatic heterocycles. The predicted molar refractivity (Wildman–Crippen MR) is 122 cm³/mol. The quantitative estimate of drug-likeness (QED) is 0.211. The van der Waals surface area contributed by atoms with Crippen LogP contribution in [0, 0.1) is 23.2 Å². The first-order valence-corrected chi connectivity index (χ1v) is 11.4. The van der Waals surface area contributed by atoms with E-state index in [0.717, 1.165) is 24.8 Å². The summed E-state index contributed by atoms with van der Waals surface area (Å²) in [6, 6.07) is 0. The van der Waals surface area contributed by atoms with E-state index in [9.17, 15) is 9.59 Å². The number of esters is 1. The summed E-state index contributed by atoms with van der Waals surface area (Å²) in [5.74, 6) is 0.272. The fraction of sp³-hybridized carbons (Fsp3) is 0.692. The van der Waals surface area contributed by atoms with Gasteiger partial charge in [0.2, 0.25) is 0 Å². The maximum atomic E-state index is 12.0. The number of Topliss-reactive ketones (excluding diaryl/α,β-unsaturated/α-hetero) is 1. The topological polar surface area (TPSA) is 61.8 Å². The molecule has 0 amide bonds. The number of fused-ring (bicyclic) bond motifs is 1. The number of hydrogen-bond donors (Lipinski definition) is 0. The lowest BCUT2D eigenvalue weighted by molar-refractivity contribution is -0.132. The van der Waals surface area contributed by atoms with E-state index in [0.29, 0.717) is 13.0 Å². The molecule has 0 aromatic heterocycles. The largest absolute Gasteiger partial charge is 0.432 e. The van der Waals surface area contributed by atoms with Crippen LogP contribution in [-0.2, 0) is 23.8 Å². The molecule has 5 nitrogen and oxygen atoms in total. The molecule has 1 aliphatic carbocycles. The summed E-state index contributed by atoms with van der Waals surface area (Å²) in [7, 11) is 1.77.